The van der Waals surface area contributed by atoms with Crippen molar-refractivity contribution in [1.29, 1.82) is 0 Å². The van der Waals surface area contributed by atoms with Gasteiger partial charge in [-0.05, 0) is 49.8 Å². The average Bonchev–Trinajstić information content (AvgIpc) is 3.05. The van der Waals surface area contributed by atoms with Crippen LogP contribution in [-0.2, 0) is 6.42 Å². The van der Waals surface area contributed by atoms with Gasteiger partial charge < -0.3 is 16.2 Å². The summed E-state index contributed by atoms with van der Waals surface area (Å²) in [5.74, 6) is 1.69. The molecule has 1 aliphatic rings. The van der Waals surface area contributed by atoms with Crippen LogP contribution in [0.5, 0.6) is 5.75 Å². The van der Waals surface area contributed by atoms with Gasteiger partial charge in [0.1, 0.15) is 5.75 Å². The largest absolute Gasteiger partial charge is 0.493 e. The summed E-state index contributed by atoms with van der Waals surface area (Å²) in [6.07, 6.45) is 3.44. The highest BCUT2D eigenvalue weighted by Crippen LogP contribution is 2.31. The van der Waals surface area contributed by atoms with Crippen LogP contribution >= 0.6 is 0 Å². The van der Waals surface area contributed by atoms with Crippen LogP contribution in [0, 0.1) is 12.8 Å². The Labute approximate surface area is 96.8 Å². The van der Waals surface area contributed by atoms with Crippen molar-refractivity contribution < 1.29 is 4.74 Å². The molecule has 88 valence electrons. The second kappa shape index (κ2) is 4.74. The van der Waals surface area contributed by atoms with Crippen molar-refractivity contribution in [3.8, 4) is 5.75 Å². The predicted octanol–water partition coefficient (Wildman–Crippen LogP) is 1.87. The molecule has 0 aromatic heterocycles. The Kier molecular flexibility index (Phi) is 3.34. The van der Waals surface area contributed by atoms with Gasteiger partial charge in [0, 0.05) is 11.8 Å². The van der Waals surface area contributed by atoms with E-state index in [1.54, 1.807) is 0 Å². The first-order valence-corrected chi connectivity index (χ1v) is 5.92. The summed E-state index contributed by atoms with van der Waals surface area (Å²) < 4.78 is 5.76. The molecule has 0 heterocycles. The van der Waals surface area contributed by atoms with Gasteiger partial charge >= 0.3 is 0 Å². The molecule has 4 N–H and O–H groups in total. The second-order valence-electron chi connectivity index (χ2n) is 4.61. The van der Waals surface area contributed by atoms with Crippen molar-refractivity contribution in [2.45, 2.75) is 26.2 Å². The maximum atomic E-state index is 5.96. The normalized spacial score (nSPS) is 15.1. The summed E-state index contributed by atoms with van der Waals surface area (Å²) in [4.78, 5) is 0. The number of nitrogens with two attached hydrogens (primary N) is 2. The van der Waals surface area contributed by atoms with Crippen LogP contribution in [-0.4, -0.2) is 13.2 Å². The molecule has 3 heteroatoms. The zero-order valence-electron chi connectivity index (χ0n) is 9.83. The average molecular weight is 220 g/mol. The Morgan fingerprint density at radius 1 is 1.38 bits per heavy atom. The van der Waals surface area contributed by atoms with Crippen molar-refractivity contribution in [2.24, 2.45) is 11.7 Å². The molecule has 2 rings (SSSR count). The first-order valence-electron chi connectivity index (χ1n) is 5.92. The van der Waals surface area contributed by atoms with Crippen LogP contribution in [0.1, 0.15) is 24.0 Å². The zero-order chi connectivity index (χ0) is 11.5. The summed E-state index contributed by atoms with van der Waals surface area (Å²) in [5, 5.41) is 0. The van der Waals surface area contributed by atoms with Crippen LogP contribution in [0.25, 0.3) is 0 Å². The fourth-order valence-corrected chi connectivity index (χ4v) is 1.78. The van der Waals surface area contributed by atoms with Gasteiger partial charge in [0.25, 0.3) is 0 Å². The van der Waals surface area contributed by atoms with Crippen LogP contribution < -0.4 is 16.2 Å². The molecule has 0 saturated heterocycles. The van der Waals surface area contributed by atoms with Gasteiger partial charge in [-0.15, -0.1) is 0 Å². The van der Waals surface area contributed by atoms with Crippen LogP contribution in [0.2, 0.25) is 0 Å². The highest BCUT2D eigenvalue weighted by atomic mass is 16.5. The lowest BCUT2D eigenvalue weighted by Gasteiger charge is -2.12. The van der Waals surface area contributed by atoms with Gasteiger partial charge in [-0.3, -0.25) is 0 Å². The van der Waals surface area contributed by atoms with E-state index < -0.39 is 0 Å². The number of nitrogen functional groups attached to an aromatic ring is 1. The number of anilines is 1. The summed E-state index contributed by atoms with van der Waals surface area (Å²) in [6.45, 7) is 3.52. The number of ether oxygens (including phenoxy) is 1. The Morgan fingerprint density at radius 2 is 2.12 bits per heavy atom. The molecule has 3 nitrogen and oxygen atoms in total. The molecule has 1 fully saturated rings. The molecule has 1 aromatic rings. The van der Waals surface area contributed by atoms with E-state index in [4.69, 9.17) is 16.2 Å². The highest BCUT2D eigenvalue weighted by Gasteiger charge is 2.22. The van der Waals surface area contributed by atoms with Crippen LogP contribution in [0.4, 0.5) is 5.69 Å². The monoisotopic (exact) mass is 220 g/mol. The van der Waals surface area contributed by atoms with Crippen molar-refractivity contribution in [3.05, 3.63) is 23.3 Å². The van der Waals surface area contributed by atoms with Gasteiger partial charge in [0.05, 0.1) is 6.61 Å². The summed E-state index contributed by atoms with van der Waals surface area (Å²) in [7, 11) is 0. The van der Waals surface area contributed by atoms with E-state index in [2.05, 4.69) is 13.0 Å². The number of benzene rings is 1. The lowest BCUT2D eigenvalue weighted by Crippen LogP contribution is -2.07. The summed E-state index contributed by atoms with van der Waals surface area (Å²) in [6, 6.07) is 4.02. The molecule has 0 atom stereocenters. The van der Waals surface area contributed by atoms with Gasteiger partial charge in [-0.2, -0.15) is 0 Å². The standard InChI is InChI=1S/C13H20N2O/c1-9-6-11(4-5-14)12(15)7-13(9)16-8-10-2-3-10/h6-7,10H,2-5,8,14-15H2,1H3. The van der Waals surface area contributed by atoms with Crippen LogP contribution in [0.15, 0.2) is 12.1 Å². The highest BCUT2D eigenvalue weighted by molar-refractivity contribution is 5.54. The molecule has 1 aromatic carbocycles. The third-order valence-electron chi connectivity index (χ3n) is 3.02. The lowest BCUT2D eigenvalue weighted by molar-refractivity contribution is 0.298. The minimum atomic E-state index is 0.631. The van der Waals surface area contributed by atoms with Gasteiger partial charge in [-0.1, -0.05) is 6.07 Å². The molecular formula is C13H20N2O. The summed E-state index contributed by atoms with van der Waals surface area (Å²) >= 11 is 0. The molecular weight excluding hydrogens is 200 g/mol. The molecule has 0 unspecified atom stereocenters. The van der Waals surface area contributed by atoms with Crippen molar-refractivity contribution in [3.63, 3.8) is 0 Å². The van der Waals surface area contributed by atoms with Crippen molar-refractivity contribution in [2.75, 3.05) is 18.9 Å². The van der Waals surface area contributed by atoms with E-state index in [1.807, 2.05) is 6.07 Å². The quantitative estimate of drug-likeness (QED) is 0.745. The Morgan fingerprint density at radius 3 is 2.75 bits per heavy atom. The summed E-state index contributed by atoms with van der Waals surface area (Å²) in [5.41, 5.74) is 14.6. The van der Waals surface area contributed by atoms with Crippen LogP contribution in [0.3, 0.4) is 0 Å². The fraction of sp³-hybridized carbons (Fsp3) is 0.538. The smallest absolute Gasteiger partial charge is 0.124 e. The molecule has 1 aliphatic carbocycles. The number of rotatable bonds is 5. The second-order valence-corrected chi connectivity index (χ2v) is 4.61. The minimum Gasteiger partial charge on any atom is -0.493 e. The Hall–Kier alpha value is -1.22. The van der Waals surface area contributed by atoms with Crippen molar-refractivity contribution in [1.82, 2.24) is 0 Å². The van der Waals surface area contributed by atoms with E-state index in [1.165, 1.54) is 12.8 Å². The van der Waals surface area contributed by atoms with Gasteiger partial charge in [0.15, 0.2) is 0 Å². The molecule has 0 radical (unpaired) electrons. The zero-order valence-corrected chi connectivity index (χ0v) is 9.83. The fourth-order valence-electron chi connectivity index (χ4n) is 1.78. The molecule has 0 amide bonds. The maximum absolute atomic E-state index is 5.96. The topological polar surface area (TPSA) is 61.3 Å². The minimum absolute atomic E-state index is 0.631. The first kappa shape index (κ1) is 11.3. The van der Waals surface area contributed by atoms with Gasteiger partial charge in [0.2, 0.25) is 0 Å². The Balaban J connectivity index is 2.08. The predicted molar refractivity (Wildman–Crippen MR) is 66.6 cm³/mol. The molecule has 0 spiro atoms. The number of aryl methyl sites for hydroxylation is 1. The number of hydrogen-bond donors (Lipinski definition) is 2. The molecule has 1 saturated carbocycles. The lowest BCUT2D eigenvalue weighted by atomic mass is 10.1. The third kappa shape index (κ3) is 2.67. The molecule has 16 heavy (non-hydrogen) atoms. The molecule has 0 aliphatic heterocycles. The van der Waals surface area contributed by atoms with E-state index in [-0.39, 0.29) is 0 Å². The van der Waals surface area contributed by atoms with Gasteiger partial charge in [-0.25, -0.2) is 0 Å². The Bertz CT molecular complexity index is 372. The van der Waals surface area contributed by atoms with E-state index in [0.717, 1.165) is 41.5 Å². The first-order chi connectivity index (χ1) is 7.70. The molecule has 0 bridgehead atoms. The SMILES string of the molecule is Cc1cc(CCN)c(N)cc1OCC1CC1. The van der Waals surface area contributed by atoms with Crippen molar-refractivity contribution >= 4 is 5.69 Å². The third-order valence-corrected chi connectivity index (χ3v) is 3.02. The number of hydrogen-bond acceptors (Lipinski definition) is 3. The van der Waals surface area contributed by atoms with E-state index in [0.29, 0.717) is 6.54 Å². The van der Waals surface area contributed by atoms with E-state index in [9.17, 15) is 0 Å². The van der Waals surface area contributed by atoms with E-state index >= 15 is 0 Å². The maximum Gasteiger partial charge on any atom is 0.124 e.